The third-order valence-corrected chi connectivity index (χ3v) is 3.94. The van der Waals surface area contributed by atoms with E-state index < -0.39 is 11.5 Å². The number of carbonyl (C=O) groups is 1. The fourth-order valence-corrected chi connectivity index (χ4v) is 2.32. The predicted molar refractivity (Wildman–Crippen MR) is 70.2 cm³/mol. The van der Waals surface area contributed by atoms with Crippen LogP contribution in [-0.2, 0) is 4.79 Å². The number of rotatable bonds is 5. The molecule has 0 aliphatic heterocycles. The van der Waals surface area contributed by atoms with Crippen molar-refractivity contribution in [2.75, 3.05) is 19.1 Å². The number of hydrogen-bond acceptors (Lipinski definition) is 3. The minimum atomic E-state index is -0.841. The number of hydrogen-bond donors (Lipinski definition) is 1. The van der Waals surface area contributed by atoms with Gasteiger partial charge in [0.05, 0.1) is 7.11 Å². The molecule has 18 heavy (non-hydrogen) atoms. The number of carboxylic acids is 1. The second-order valence-corrected chi connectivity index (χ2v) is 4.99. The minimum Gasteiger partial charge on any atom is -0.497 e. The van der Waals surface area contributed by atoms with Crippen LogP contribution < -0.4 is 9.64 Å². The summed E-state index contributed by atoms with van der Waals surface area (Å²) >= 11 is 0. The van der Waals surface area contributed by atoms with Crippen molar-refractivity contribution in [2.45, 2.75) is 25.3 Å². The van der Waals surface area contributed by atoms with E-state index in [4.69, 9.17) is 4.74 Å². The molecule has 4 heteroatoms. The average Bonchev–Trinajstić information content (AvgIpc) is 3.21. The van der Waals surface area contributed by atoms with Crippen molar-refractivity contribution in [2.24, 2.45) is 5.92 Å². The third-order valence-electron chi connectivity index (χ3n) is 3.94. The SMILES string of the molecule is COc1cccc(N(C)C(C)(C(=O)O)C2CC2)c1. The summed E-state index contributed by atoms with van der Waals surface area (Å²) in [7, 11) is 3.44. The Morgan fingerprint density at radius 1 is 1.50 bits per heavy atom. The molecule has 0 radical (unpaired) electrons. The second-order valence-electron chi connectivity index (χ2n) is 4.99. The summed E-state index contributed by atoms with van der Waals surface area (Å²) in [6.07, 6.45) is 1.97. The van der Waals surface area contributed by atoms with E-state index in [2.05, 4.69) is 0 Å². The molecule has 0 spiro atoms. The van der Waals surface area contributed by atoms with Gasteiger partial charge in [0.2, 0.25) is 0 Å². The molecule has 0 saturated heterocycles. The van der Waals surface area contributed by atoms with Crippen LogP contribution in [0.25, 0.3) is 0 Å². The van der Waals surface area contributed by atoms with Gasteiger partial charge in [0, 0.05) is 18.8 Å². The summed E-state index contributed by atoms with van der Waals surface area (Å²) in [5, 5.41) is 9.53. The van der Waals surface area contributed by atoms with E-state index in [1.807, 2.05) is 36.2 Å². The highest BCUT2D eigenvalue weighted by molar-refractivity contribution is 5.84. The van der Waals surface area contributed by atoms with Gasteiger partial charge in [-0.1, -0.05) is 6.07 Å². The van der Waals surface area contributed by atoms with Gasteiger partial charge in [-0.25, -0.2) is 4.79 Å². The first-order valence-corrected chi connectivity index (χ1v) is 6.11. The molecule has 0 bridgehead atoms. The first kappa shape index (κ1) is 12.7. The zero-order chi connectivity index (χ0) is 13.3. The van der Waals surface area contributed by atoms with Crippen LogP contribution in [0.2, 0.25) is 0 Å². The highest BCUT2D eigenvalue weighted by Crippen LogP contribution is 2.44. The number of aliphatic carboxylic acids is 1. The maximum absolute atomic E-state index is 11.6. The van der Waals surface area contributed by atoms with E-state index in [9.17, 15) is 9.90 Å². The zero-order valence-corrected chi connectivity index (χ0v) is 11.0. The van der Waals surface area contributed by atoms with Crippen LogP contribution in [0, 0.1) is 5.92 Å². The minimum absolute atomic E-state index is 0.228. The van der Waals surface area contributed by atoms with Crippen LogP contribution in [0.5, 0.6) is 5.75 Å². The Kier molecular flexibility index (Phi) is 3.20. The molecular formula is C14H19NO3. The van der Waals surface area contributed by atoms with E-state index in [0.717, 1.165) is 24.3 Å². The lowest BCUT2D eigenvalue weighted by molar-refractivity contribution is -0.143. The van der Waals surface area contributed by atoms with Crippen LogP contribution in [0.3, 0.4) is 0 Å². The number of ether oxygens (including phenoxy) is 1. The maximum Gasteiger partial charge on any atom is 0.329 e. The number of anilines is 1. The molecule has 1 aliphatic rings. The molecular weight excluding hydrogens is 230 g/mol. The van der Waals surface area contributed by atoms with E-state index in [1.54, 1.807) is 14.0 Å². The lowest BCUT2D eigenvalue weighted by Gasteiger charge is -2.37. The summed E-state index contributed by atoms with van der Waals surface area (Å²) in [6.45, 7) is 1.80. The van der Waals surface area contributed by atoms with E-state index in [0.29, 0.717) is 0 Å². The lowest BCUT2D eigenvalue weighted by atomic mass is 9.93. The van der Waals surface area contributed by atoms with E-state index >= 15 is 0 Å². The Balaban J connectivity index is 2.33. The van der Waals surface area contributed by atoms with Crippen LogP contribution in [0.15, 0.2) is 24.3 Å². The lowest BCUT2D eigenvalue weighted by Crippen LogP contribution is -2.52. The molecule has 1 fully saturated rings. The Hall–Kier alpha value is -1.71. The molecule has 0 amide bonds. The van der Waals surface area contributed by atoms with Gasteiger partial charge in [-0.05, 0) is 37.8 Å². The van der Waals surface area contributed by atoms with Gasteiger partial charge < -0.3 is 14.7 Å². The Morgan fingerprint density at radius 3 is 2.67 bits per heavy atom. The van der Waals surface area contributed by atoms with E-state index in [-0.39, 0.29) is 5.92 Å². The van der Waals surface area contributed by atoms with Gasteiger partial charge in [-0.2, -0.15) is 0 Å². The van der Waals surface area contributed by atoms with Gasteiger partial charge >= 0.3 is 5.97 Å². The fraction of sp³-hybridized carbons (Fsp3) is 0.500. The van der Waals surface area contributed by atoms with Gasteiger partial charge in [-0.15, -0.1) is 0 Å². The van der Waals surface area contributed by atoms with Gasteiger partial charge in [-0.3, -0.25) is 0 Å². The average molecular weight is 249 g/mol. The number of methoxy groups -OCH3 is 1. The molecule has 0 aromatic heterocycles. The largest absolute Gasteiger partial charge is 0.497 e. The molecule has 1 N–H and O–H groups in total. The molecule has 1 aliphatic carbocycles. The molecule has 1 aromatic rings. The number of likely N-dealkylation sites (N-methyl/N-ethyl adjacent to an activating group) is 1. The van der Waals surface area contributed by atoms with E-state index in [1.165, 1.54) is 0 Å². The summed E-state index contributed by atoms with van der Waals surface area (Å²) < 4.78 is 5.18. The standard InChI is InChI=1S/C14H19NO3/c1-14(13(16)17,10-7-8-10)15(2)11-5-4-6-12(9-11)18-3/h4-6,9-10H,7-8H2,1-3H3,(H,16,17). The van der Waals surface area contributed by atoms with Crippen LogP contribution >= 0.6 is 0 Å². The topological polar surface area (TPSA) is 49.8 Å². The van der Waals surface area contributed by atoms with Crippen molar-refractivity contribution >= 4 is 11.7 Å². The molecule has 4 nitrogen and oxygen atoms in total. The summed E-state index contributed by atoms with van der Waals surface area (Å²) in [5.74, 6) is 0.199. The van der Waals surface area contributed by atoms with Crippen molar-refractivity contribution in [3.8, 4) is 5.75 Å². The Bertz CT molecular complexity index is 456. The third kappa shape index (κ3) is 2.03. The van der Waals surface area contributed by atoms with Crippen molar-refractivity contribution in [1.82, 2.24) is 0 Å². The zero-order valence-electron chi connectivity index (χ0n) is 11.0. The van der Waals surface area contributed by atoms with Gasteiger partial charge in [0.25, 0.3) is 0 Å². The van der Waals surface area contributed by atoms with Crippen LogP contribution in [-0.4, -0.2) is 30.8 Å². The van der Waals surface area contributed by atoms with Crippen LogP contribution in [0.1, 0.15) is 19.8 Å². The first-order valence-electron chi connectivity index (χ1n) is 6.11. The normalized spacial score (nSPS) is 17.9. The quantitative estimate of drug-likeness (QED) is 0.870. The van der Waals surface area contributed by atoms with Gasteiger partial charge in [0.15, 0.2) is 0 Å². The van der Waals surface area contributed by atoms with Crippen molar-refractivity contribution in [1.29, 1.82) is 0 Å². The first-order chi connectivity index (χ1) is 8.50. The van der Waals surface area contributed by atoms with Crippen molar-refractivity contribution < 1.29 is 14.6 Å². The molecule has 0 heterocycles. The summed E-state index contributed by atoms with van der Waals surface area (Å²) in [5.41, 5.74) is 0.0259. The molecule has 1 saturated carbocycles. The van der Waals surface area contributed by atoms with Gasteiger partial charge in [0.1, 0.15) is 11.3 Å². The highest BCUT2D eigenvalue weighted by atomic mass is 16.5. The molecule has 1 unspecified atom stereocenters. The number of benzene rings is 1. The Labute approximate surface area is 107 Å². The molecule has 1 aromatic carbocycles. The maximum atomic E-state index is 11.6. The van der Waals surface area contributed by atoms with Crippen molar-refractivity contribution in [3.63, 3.8) is 0 Å². The number of carboxylic acid groups (broad SMARTS) is 1. The predicted octanol–water partition coefficient (Wildman–Crippen LogP) is 2.38. The summed E-state index contributed by atoms with van der Waals surface area (Å²) in [6, 6.07) is 7.50. The van der Waals surface area contributed by atoms with Crippen molar-refractivity contribution in [3.05, 3.63) is 24.3 Å². The smallest absolute Gasteiger partial charge is 0.329 e. The van der Waals surface area contributed by atoms with Crippen LogP contribution in [0.4, 0.5) is 5.69 Å². The second kappa shape index (κ2) is 4.52. The fourth-order valence-electron chi connectivity index (χ4n) is 2.32. The summed E-state index contributed by atoms with van der Waals surface area (Å²) in [4.78, 5) is 13.4. The monoisotopic (exact) mass is 249 g/mol. The Morgan fingerprint density at radius 2 is 2.17 bits per heavy atom. The highest BCUT2D eigenvalue weighted by Gasteiger charge is 2.50. The molecule has 2 rings (SSSR count). The number of nitrogens with zero attached hydrogens (tertiary/aromatic N) is 1. The molecule has 98 valence electrons. The molecule has 1 atom stereocenters.